The van der Waals surface area contributed by atoms with Crippen LogP contribution in [0.3, 0.4) is 0 Å². The van der Waals surface area contributed by atoms with Gasteiger partial charge in [0.1, 0.15) is 5.75 Å². The van der Waals surface area contributed by atoms with Crippen LogP contribution in [0.2, 0.25) is 0 Å². The number of halogens is 1. The zero-order chi connectivity index (χ0) is 21.3. The van der Waals surface area contributed by atoms with Crippen molar-refractivity contribution in [3.05, 3.63) is 29.8 Å². The van der Waals surface area contributed by atoms with E-state index in [1.807, 2.05) is 0 Å². The maximum absolute atomic E-state index is 12.9. The van der Waals surface area contributed by atoms with E-state index in [1.54, 1.807) is 24.3 Å². The van der Waals surface area contributed by atoms with Gasteiger partial charge in [-0.3, -0.25) is 14.4 Å². The second-order valence-corrected chi connectivity index (χ2v) is 6.07. The molecule has 28 heavy (non-hydrogen) atoms. The van der Waals surface area contributed by atoms with Gasteiger partial charge in [0.05, 0.1) is 7.11 Å². The molecule has 0 aliphatic carbocycles. The summed E-state index contributed by atoms with van der Waals surface area (Å²) < 4.78 is 14.7. The quantitative estimate of drug-likeness (QED) is 0.447. The fraction of sp³-hybridized carbons (Fsp3) is 0.444. The minimum absolute atomic E-state index is 0.0522. The molecule has 1 rings (SSSR count). The summed E-state index contributed by atoms with van der Waals surface area (Å²) in [5.41, 5.74) is 0.709. The molecule has 0 saturated carbocycles. The van der Waals surface area contributed by atoms with Crippen LogP contribution in [0.25, 0.3) is 0 Å². The largest absolute Gasteiger partial charge is 0.497 e. The van der Waals surface area contributed by atoms with E-state index < -0.39 is 36.0 Å². The number of carboxylic acid groups (broad SMARTS) is 1. The molecule has 0 aromatic heterocycles. The first kappa shape index (κ1) is 23.2. The molecule has 1 N–H and O–H groups in total. The Labute approximate surface area is 167 Å². The Balaban J connectivity index is 3.15. The average molecular weight is 416 g/mol. The summed E-state index contributed by atoms with van der Waals surface area (Å²) in [5, 5.41) is 9.33. The molecule has 9 nitrogen and oxygen atoms in total. The number of nitrogens with zero attached hydrogens (tertiary/aromatic N) is 1. The number of carbonyl (C=O) groups excluding carboxylic acids is 3. The molecule has 0 bridgehead atoms. The zero-order valence-electron chi connectivity index (χ0n) is 15.7. The Morgan fingerprint density at radius 2 is 1.57 bits per heavy atom. The van der Waals surface area contributed by atoms with Crippen molar-refractivity contribution in [2.24, 2.45) is 0 Å². The molecule has 10 heteroatoms. The second-order valence-electron chi connectivity index (χ2n) is 5.70. The fourth-order valence-corrected chi connectivity index (χ4v) is 2.55. The molecule has 0 saturated heterocycles. The number of esters is 2. The highest BCUT2D eigenvalue weighted by Gasteiger charge is 2.41. The van der Waals surface area contributed by atoms with Gasteiger partial charge < -0.3 is 24.2 Å². The highest BCUT2D eigenvalue weighted by molar-refractivity contribution is 6.18. The van der Waals surface area contributed by atoms with Crippen molar-refractivity contribution in [3.8, 4) is 5.75 Å². The number of rotatable bonds is 10. The van der Waals surface area contributed by atoms with Gasteiger partial charge in [-0.1, -0.05) is 12.1 Å². The number of alkyl halides is 1. The third kappa shape index (κ3) is 7.07. The lowest BCUT2D eigenvalue weighted by Gasteiger charge is -2.29. The summed E-state index contributed by atoms with van der Waals surface area (Å²) in [7, 11) is 1.52. The van der Waals surface area contributed by atoms with Crippen molar-refractivity contribution in [3.63, 3.8) is 0 Å². The summed E-state index contributed by atoms with van der Waals surface area (Å²) in [6.45, 7) is 2.12. The van der Waals surface area contributed by atoms with E-state index in [-0.39, 0.29) is 19.0 Å². The number of methoxy groups -OCH3 is 1. The Morgan fingerprint density at radius 3 is 2.00 bits per heavy atom. The van der Waals surface area contributed by atoms with Crippen LogP contribution in [0, 0.1) is 0 Å². The maximum atomic E-state index is 12.9. The molecule has 0 fully saturated rings. The standard InChI is InChI=1S/C18H22ClNO8/c1-11(21)27-15(16(18(24)25)28-12(2)22)17(23)20(9-8-19)10-13-4-6-14(26-3)7-5-13/h4-7,15-16H,8-10H2,1-3H3,(H,24,25)/t15-,16-/m1/s1. The zero-order valence-corrected chi connectivity index (χ0v) is 16.5. The van der Waals surface area contributed by atoms with Crippen LogP contribution in [0.4, 0.5) is 0 Å². The molecule has 2 atom stereocenters. The molecule has 0 aliphatic rings. The predicted molar refractivity (Wildman–Crippen MR) is 97.9 cm³/mol. The van der Waals surface area contributed by atoms with Gasteiger partial charge in [0.2, 0.25) is 12.2 Å². The van der Waals surface area contributed by atoms with Crippen molar-refractivity contribution in [2.45, 2.75) is 32.6 Å². The first-order valence-electron chi connectivity index (χ1n) is 8.24. The molecular weight excluding hydrogens is 394 g/mol. The van der Waals surface area contributed by atoms with Crippen LogP contribution in [-0.2, 0) is 35.2 Å². The molecule has 0 aliphatic heterocycles. The fourth-order valence-electron chi connectivity index (χ4n) is 2.34. The second kappa shape index (κ2) is 11.1. The SMILES string of the molecule is COc1ccc(CN(CCCl)C(=O)[C@H](OC(C)=O)[C@@H](OC(C)=O)C(=O)O)cc1. The molecular formula is C18H22ClNO8. The number of hydrogen-bond donors (Lipinski definition) is 1. The average Bonchev–Trinajstić information content (AvgIpc) is 2.63. The topological polar surface area (TPSA) is 119 Å². The summed E-state index contributed by atoms with van der Waals surface area (Å²) in [5.74, 6) is -3.62. The number of aliphatic carboxylic acids is 1. The van der Waals surface area contributed by atoms with Gasteiger partial charge in [-0.15, -0.1) is 11.6 Å². The number of carboxylic acids is 1. The lowest BCUT2D eigenvalue weighted by Crippen LogP contribution is -2.51. The predicted octanol–water partition coefficient (Wildman–Crippen LogP) is 1.21. The Morgan fingerprint density at radius 1 is 1.04 bits per heavy atom. The van der Waals surface area contributed by atoms with Gasteiger partial charge >= 0.3 is 17.9 Å². The van der Waals surface area contributed by atoms with Gasteiger partial charge in [-0.05, 0) is 17.7 Å². The van der Waals surface area contributed by atoms with Crippen LogP contribution < -0.4 is 4.74 Å². The molecule has 0 heterocycles. The van der Waals surface area contributed by atoms with E-state index >= 15 is 0 Å². The smallest absolute Gasteiger partial charge is 0.349 e. The minimum Gasteiger partial charge on any atom is -0.497 e. The van der Waals surface area contributed by atoms with E-state index in [0.717, 1.165) is 13.8 Å². The molecule has 0 spiro atoms. The monoisotopic (exact) mass is 415 g/mol. The van der Waals surface area contributed by atoms with E-state index in [4.69, 9.17) is 25.8 Å². The van der Waals surface area contributed by atoms with Gasteiger partial charge in [0, 0.05) is 32.8 Å². The Kier molecular flexibility index (Phi) is 9.23. The molecule has 0 unspecified atom stereocenters. The van der Waals surface area contributed by atoms with Crippen LogP contribution in [0.15, 0.2) is 24.3 Å². The Bertz CT molecular complexity index is 706. The van der Waals surface area contributed by atoms with Crippen LogP contribution >= 0.6 is 11.6 Å². The summed E-state index contributed by atoms with van der Waals surface area (Å²) in [4.78, 5) is 48.3. The van der Waals surface area contributed by atoms with Gasteiger partial charge in [-0.25, -0.2) is 4.79 Å². The van der Waals surface area contributed by atoms with E-state index in [2.05, 4.69) is 0 Å². The minimum atomic E-state index is -1.98. The number of hydrogen-bond acceptors (Lipinski definition) is 7. The molecule has 1 aromatic rings. The highest BCUT2D eigenvalue weighted by Crippen LogP contribution is 2.16. The third-order valence-electron chi connectivity index (χ3n) is 3.55. The summed E-state index contributed by atoms with van der Waals surface area (Å²) >= 11 is 5.77. The lowest BCUT2D eigenvalue weighted by molar-refractivity contribution is -0.183. The summed E-state index contributed by atoms with van der Waals surface area (Å²) in [6, 6.07) is 6.83. The number of benzene rings is 1. The van der Waals surface area contributed by atoms with Gasteiger partial charge in [0.15, 0.2) is 0 Å². The number of amides is 1. The van der Waals surface area contributed by atoms with Crippen LogP contribution in [-0.4, -0.2) is 65.6 Å². The number of ether oxygens (including phenoxy) is 3. The first-order valence-corrected chi connectivity index (χ1v) is 8.78. The van der Waals surface area contributed by atoms with Crippen molar-refractivity contribution in [1.82, 2.24) is 4.90 Å². The maximum Gasteiger partial charge on any atom is 0.349 e. The summed E-state index contributed by atoms with van der Waals surface area (Å²) in [6.07, 6.45) is -3.83. The van der Waals surface area contributed by atoms with Gasteiger partial charge in [0.25, 0.3) is 5.91 Å². The van der Waals surface area contributed by atoms with Crippen molar-refractivity contribution in [2.75, 3.05) is 19.5 Å². The van der Waals surface area contributed by atoms with E-state index in [0.29, 0.717) is 11.3 Å². The normalized spacial score (nSPS) is 12.4. The third-order valence-corrected chi connectivity index (χ3v) is 3.72. The van der Waals surface area contributed by atoms with Crippen LogP contribution in [0.1, 0.15) is 19.4 Å². The number of carbonyl (C=O) groups is 4. The van der Waals surface area contributed by atoms with E-state index in [1.165, 1.54) is 12.0 Å². The highest BCUT2D eigenvalue weighted by atomic mass is 35.5. The van der Waals surface area contributed by atoms with E-state index in [9.17, 15) is 24.3 Å². The van der Waals surface area contributed by atoms with Gasteiger partial charge in [-0.2, -0.15) is 0 Å². The molecule has 1 aromatic carbocycles. The molecule has 0 radical (unpaired) electrons. The molecule has 154 valence electrons. The van der Waals surface area contributed by atoms with Crippen molar-refractivity contribution >= 4 is 35.4 Å². The van der Waals surface area contributed by atoms with Crippen molar-refractivity contribution < 1.29 is 38.5 Å². The first-order chi connectivity index (χ1) is 13.2. The van der Waals surface area contributed by atoms with Crippen LogP contribution in [0.5, 0.6) is 5.75 Å². The van der Waals surface area contributed by atoms with Crippen molar-refractivity contribution in [1.29, 1.82) is 0 Å². The Hall–Kier alpha value is -2.81. The molecule has 1 amide bonds. The lowest BCUT2D eigenvalue weighted by atomic mass is 10.1.